The van der Waals surface area contributed by atoms with Crippen molar-refractivity contribution in [1.29, 1.82) is 0 Å². The summed E-state index contributed by atoms with van der Waals surface area (Å²) in [6.45, 7) is 15.2. The Morgan fingerprint density at radius 3 is 2.50 bits per heavy atom. The summed E-state index contributed by atoms with van der Waals surface area (Å²) in [6.07, 6.45) is 3.78. The molecule has 1 fully saturated rings. The molecule has 3 nitrogen and oxygen atoms in total. The van der Waals surface area contributed by atoms with Crippen LogP contribution in [-0.4, -0.2) is 35.1 Å². The maximum Gasteiger partial charge on any atom is 0.0795 e. The van der Waals surface area contributed by atoms with Crippen LogP contribution in [0.25, 0.3) is 0 Å². The largest absolute Gasteiger partial charge is 0.311 e. The van der Waals surface area contributed by atoms with Crippen molar-refractivity contribution in [3.05, 3.63) is 16.6 Å². The number of likely N-dealkylation sites (tertiary alicyclic amines) is 1. The minimum atomic E-state index is 0.335. The summed E-state index contributed by atoms with van der Waals surface area (Å²) in [5, 5.41) is 6.14. The van der Waals surface area contributed by atoms with Gasteiger partial charge in [-0.15, -0.1) is 11.3 Å². The first-order valence-electron chi connectivity index (χ1n) is 8.70. The van der Waals surface area contributed by atoms with Crippen molar-refractivity contribution < 1.29 is 0 Å². The first-order valence-corrected chi connectivity index (χ1v) is 9.64. The lowest BCUT2D eigenvalue weighted by Crippen LogP contribution is -2.50. The summed E-state index contributed by atoms with van der Waals surface area (Å²) in [6, 6.07) is 1.29. The number of nitrogens with zero attached hydrogens (tertiary/aromatic N) is 2. The summed E-state index contributed by atoms with van der Waals surface area (Å²) in [5.41, 5.74) is 3.50. The minimum Gasteiger partial charge on any atom is -0.311 e. The SMILES string of the molecule is CC(C)C[C@H](NC1CCN(Cc2cscn2)CC1)C(C)(C)C. The van der Waals surface area contributed by atoms with Crippen molar-refractivity contribution in [3.63, 3.8) is 0 Å². The minimum absolute atomic E-state index is 0.335. The molecule has 1 saturated heterocycles. The zero-order valence-corrected chi connectivity index (χ0v) is 15.7. The first-order chi connectivity index (χ1) is 10.3. The first kappa shape index (κ1) is 17.9. The maximum atomic E-state index is 4.40. The van der Waals surface area contributed by atoms with E-state index >= 15 is 0 Å². The highest BCUT2D eigenvalue weighted by Gasteiger charge is 2.29. The third-order valence-electron chi connectivity index (χ3n) is 4.65. The van der Waals surface area contributed by atoms with Crippen LogP contribution < -0.4 is 5.32 Å². The predicted octanol–water partition coefficient (Wildman–Crippen LogP) is 4.16. The topological polar surface area (TPSA) is 28.2 Å². The third kappa shape index (κ3) is 5.64. The molecule has 2 rings (SSSR count). The molecule has 2 heterocycles. The Bertz CT molecular complexity index is 414. The Hall–Kier alpha value is -0.450. The van der Waals surface area contributed by atoms with Crippen molar-refractivity contribution in [1.82, 2.24) is 15.2 Å². The molecular formula is C18H33N3S. The fraction of sp³-hybridized carbons (Fsp3) is 0.833. The monoisotopic (exact) mass is 323 g/mol. The Labute approximate surface area is 140 Å². The lowest BCUT2D eigenvalue weighted by Gasteiger charge is -2.39. The molecule has 1 aromatic heterocycles. The molecule has 1 aliphatic rings. The number of thiazole rings is 1. The number of nitrogens with one attached hydrogen (secondary N) is 1. The summed E-state index contributed by atoms with van der Waals surface area (Å²) < 4.78 is 0. The molecule has 0 radical (unpaired) electrons. The summed E-state index contributed by atoms with van der Waals surface area (Å²) in [5.74, 6) is 0.751. The van der Waals surface area contributed by atoms with Gasteiger partial charge in [-0.1, -0.05) is 34.6 Å². The zero-order chi connectivity index (χ0) is 16.2. The Morgan fingerprint density at radius 1 is 1.32 bits per heavy atom. The van der Waals surface area contributed by atoms with E-state index in [0.29, 0.717) is 17.5 Å². The van der Waals surface area contributed by atoms with Gasteiger partial charge in [0.1, 0.15) is 0 Å². The van der Waals surface area contributed by atoms with Crippen LogP contribution >= 0.6 is 11.3 Å². The summed E-state index contributed by atoms with van der Waals surface area (Å²) >= 11 is 1.70. The fourth-order valence-corrected chi connectivity index (χ4v) is 3.78. The summed E-state index contributed by atoms with van der Waals surface area (Å²) in [7, 11) is 0. The molecular weight excluding hydrogens is 290 g/mol. The van der Waals surface area contributed by atoms with Gasteiger partial charge in [0.05, 0.1) is 11.2 Å². The molecule has 4 heteroatoms. The van der Waals surface area contributed by atoms with Gasteiger partial charge in [-0.05, 0) is 30.6 Å². The van der Waals surface area contributed by atoms with Crippen molar-refractivity contribution in [2.45, 2.75) is 72.5 Å². The Morgan fingerprint density at radius 2 is 2.00 bits per heavy atom. The van der Waals surface area contributed by atoms with Crippen LogP contribution in [0.5, 0.6) is 0 Å². The smallest absolute Gasteiger partial charge is 0.0795 e. The van der Waals surface area contributed by atoms with E-state index < -0.39 is 0 Å². The molecule has 1 atom stereocenters. The van der Waals surface area contributed by atoms with Crippen molar-refractivity contribution in [2.75, 3.05) is 13.1 Å². The molecule has 1 aromatic rings. The third-order valence-corrected chi connectivity index (χ3v) is 5.28. The second-order valence-electron chi connectivity index (χ2n) is 8.25. The molecule has 1 aliphatic heterocycles. The van der Waals surface area contributed by atoms with Gasteiger partial charge in [0.15, 0.2) is 0 Å². The Kier molecular flexibility index (Phi) is 6.42. The van der Waals surface area contributed by atoms with Crippen LogP contribution in [0, 0.1) is 11.3 Å². The van der Waals surface area contributed by atoms with E-state index in [1.54, 1.807) is 11.3 Å². The molecule has 0 aromatic carbocycles. The number of rotatable bonds is 6. The van der Waals surface area contributed by atoms with Gasteiger partial charge in [-0.3, -0.25) is 4.90 Å². The average molecular weight is 324 g/mol. The van der Waals surface area contributed by atoms with Crippen LogP contribution in [0.1, 0.15) is 59.6 Å². The second-order valence-corrected chi connectivity index (χ2v) is 8.96. The predicted molar refractivity (Wildman–Crippen MR) is 96.2 cm³/mol. The van der Waals surface area contributed by atoms with Gasteiger partial charge in [0, 0.05) is 37.1 Å². The van der Waals surface area contributed by atoms with E-state index in [1.165, 1.54) is 38.0 Å². The van der Waals surface area contributed by atoms with Gasteiger partial charge in [0.25, 0.3) is 0 Å². The zero-order valence-electron chi connectivity index (χ0n) is 14.9. The molecule has 0 saturated carbocycles. The molecule has 0 bridgehead atoms. The Balaban J connectivity index is 1.80. The number of aromatic nitrogens is 1. The van der Waals surface area contributed by atoms with Crippen LogP contribution in [-0.2, 0) is 6.54 Å². The van der Waals surface area contributed by atoms with E-state index in [2.05, 4.69) is 55.2 Å². The molecule has 22 heavy (non-hydrogen) atoms. The van der Waals surface area contributed by atoms with E-state index in [1.807, 2.05) is 5.51 Å². The molecule has 0 spiro atoms. The van der Waals surface area contributed by atoms with Crippen LogP contribution in [0.4, 0.5) is 0 Å². The molecule has 0 aliphatic carbocycles. The van der Waals surface area contributed by atoms with Gasteiger partial charge < -0.3 is 5.32 Å². The highest BCUT2D eigenvalue weighted by molar-refractivity contribution is 7.07. The number of hydrogen-bond acceptors (Lipinski definition) is 4. The highest BCUT2D eigenvalue weighted by atomic mass is 32.1. The standard InChI is InChI=1S/C18H33N3S/c1-14(2)10-17(18(3,4)5)20-15-6-8-21(9-7-15)11-16-12-22-13-19-16/h12-15,17,20H,6-11H2,1-5H3/t17-/m0/s1. The maximum absolute atomic E-state index is 4.40. The van der Waals surface area contributed by atoms with Crippen molar-refractivity contribution in [2.24, 2.45) is 11.3 Å². The molecule has 126 valence electrons. The molecule has 1 N–H and O–H groups in total. The summed E-state index contributed by atoms with van der Waals surface area (Å²) in [4.78, 5) is 6.95. The van der Waals surface area contributed by atoms with Gasteiger partial charge in [0.2, 0.25) is 0 Å². The highest BCUT2D eigenvalue weighted by Crippen LogP contribution is 2.26. The molecule has 0 unspecified atom stereocenters. The average Bonchev–Trinajstić information content (AvgIpc) is 2.91. The fourth-order valence-electron chi connectivity index (χ4n) is 3.23. The van der Waals surface area contributed by atoms with E-state index in [-0.39, 0.29) is 0 Å². The lowest BCUT2D eigenvalue weighted by atomic mass is 9.81. The van der Waals surface area contributed by atoms with E-state index in [9.17, 15) is 0 Å². The van der Waals surface area contributed by atoms with E-state index in [4.69, 9.17) is 0 Å². The van der Waals surface area contributed by atoms with Crippen LogP contribution in [0.3, 0.4) is 0 Å². The van der Waals surface area contributed by atoms with Crippen LogP contribution in [0.2, 0.25) is 0 Å². The quantitative estimate of drug-likeness (QED) is 0.852. The van der Waals surface area contributed by atoms with Crippen molar-refractivity contribution >= 4 is 11.3 Å². The van der Waals surface area contributed by atoms with Gasteiger partial charge in [-0.2, -0.15) is 0 Å². The molecule has 0 amide bonds. The number of hydrogen-bond donors (Lipinski definition) is 1. The van der Waals surface area contributed by atoms with Crippen molar-refractivity contribution in [3.8, 4) is 0 Å². The van der Waals surface area contributed by atoms with Gasteiger partial charge >= 0.3 is 0 Å². The van der Waals surface area contributed by atoms with E-state index in [0.717, 1.165) is 12.5 Å². The second kappa shape index (κ2) is 7.89. The lowest BCUT2D eigenvalue weighted by molar-refractivity contribution is 0.151. The van der Waals surface area contributed by atoms with Crippen LogP contribution in [0.15, 0.2) is 10.9 Å². The normalized spacial score (nSPS) is 19.7. The van der Waals surface area contributed by atoms with Gasteiger partial charge in [-0.25, -0.2) is 4.98 Å². The number of piperidine rings is 1.